The SMILES string of the molecule is Cc1ccc(C)c(NC(=O)C(C)Sc2ccc(NC(=O)/C(=C/c3ccc(-c4ccccc4)cc3)NC(=O)c3ccccc3)cc2)c1. The number of rotatable bonds is 10. The summed E-state index contributed by atoms with van der Waals surface area (Å²) >= 11 is 1.43. The summed E-state index contributed by atoms with van der Waals surface area (Å²) in [5.74, 6) is -0.933. The Labute approximate surface area is 274 Å². The lowest BCUT2D eigenvalue weighted by Gasteiger charge is -2.15. The molecule has 7 heteroatoms. The normalized spacial score (nSPS) is 11.8. The van der Waals surface area contributed by atoms with Crippen molar-refractivity contribution >= 4 is 46.9 Å². The number of aryl methyl sites for hydroxylation is 2. The van der Waals surface area contributed by atoms with Gasteiger partial charge in [0.1, 0.15) is 5.70 Å². The quantitative estimate of drug-likeness (QED) is 0.107. The van der Waals surface area contributed by atoms with Crippen molar-refractivity contribution in [2.45, 2.75) is 30.9 Å². The molecule has 0 saturated carbocycles. The molecule has 1 unspecified atom stereocenters. The van der Waals surface area contributed by atoms with Crippen molar-refractivity contribution < 1.29 is 14.4 Å². The average Bonchev–Trinajstić information content (AvgIpc) is 3.08. The number of anilines is 2. The third-order valence-electron chi connectivity index (χ3n) is 7.30. The summed E-state index contributed by atoms with van der Waals surface area (Å²) < 4.78 is 0. The molecule has 0 radical (unpaired) electrons. The zero-order valence-electron chi connectivity index (χ0n) is 25.9. The van der Waals surface area contributed by atoms with Crippen LogP contribution in [0.15, 0.2) is 138 Å². The Hall–Kier alpha value is -5.40. The number of benzene rings is 5. The second-order valence-corrected chi connectivity index (χ2v) is 12.3. The smallest absolute Gasteiger partial charge is 0.272 e. The van der Waals surface area contributed by atoms with Crippen molar-refractivity contribution in [3.8, 4) is 11.1 Å². The van der Waals surface area contributed by atoms with Crippen molar-refractivity contribution in [1.82, 2.24) is 5.32 Å². The maximum absolute atomic E-state index is 13.5. The lowest BCUT2D eigenvalue weighted by Crippen LogP contribution is -2.30. The van der Waals surface area contributed by atoms with Gasteiger partial charge in [0.15, 0.2) is 0 Å². The van der Waals surface area contributed by atoms with Crippen LogP contribution in [0.5, 0.6) is 0 Å². The van der Waals surface area contributed by atoms with Gasteiger partial charge in [-0.25, -0.2) is 0 Å². The van der Waals surface area contributed by atoms with Crippen molar-refractivity contribution in [3.05, 3.63) is 155 Å². The van der Waals surface area contributed by atoms with Crippen LogP contribution in [0.4, 0.5) is 11.4 Å². The predicted molar refractivity (Wildman–Crippen MR) is 189 cm³/mol. The summed E-state index contributed by atoms with van der Waals surface area (Å²) in [6, 6.07) is 39.8. The van der Waals surface area contributed by atoms with E-state index in [9.17, 15) is 14.4 Å². The van der Waals surface area contributed by atoms with Crippen LogP contribution in [0, 0.1) is 13.8 Å². The molecule has 0 fully saturated rings. The highest BCUT2D eigenvalue weighted by atomic mass is 32.2. The van der Waals surface area contributed by atoms with E-state index in [1.54, 1.807) is 42.5 Å². The van der Waals surface area contributed by atoms with Crippen LogP contribution in [0.3, 0.4) is 0 Å². The van der Waals surface area contributed by atoms with E-state index in [0.29, 0.717) is 11.3 Å². The Kier molecular flexibility index (Phi) is 10.5. The summed E-state index contributed by atoms with van der Waals surface area (Å²) in [5.41, 5.74) is 6.91. The number of hydrogen-bond donors (Lipinski definition) is 3. The summed E-state index contributed by atoms with van der Waals surface area (Å²) in [5, 5.41) is 8.37. The van der Waals surface area contributed by atoms with Gasteiger partial charge >= 0.3 is 0 Å². The highest BCUT2D eigenvalue weighted by Gasteiger charge is 2.17. The molecule has 0 bridgehead atoms. The molecule has 0 aliphatic rings. The third kappa shape index (κ3) is 8.61. The van der Waals surface area contributed by atoms with E-state index in [1.807, 2.05) is 112 Å². The van der Waals surface area contributed by atoms with Gasteiger partial charge in [-0.05, 0) is 97.1 Å². The first-order valence-electron chi connectivity index (χ1n) is 14.9. The molecule has 0 spiro atoms. The minimum Gasteiger partial charge on any atom is -0.325 e. The van der Waals surface area contributed by atoms with Crippen molar-refractivity contribution in [3.63, 3.8) is 0 Å². The molecule has 0 aromatic heterocycles. The lowest BCUT2D eigenvalue weighted by molar-refractivity contribution is -0.115. The van der Waals surface area contributed by atoms with Crippen LogP contribution in [-0.2, 0) is 9.59 Å². The number of carbonyl (C=O) groups is 3. The summed E-state index contributed by atoms with van der Waals surface area (Å²) in [4.78, 5) is 40.3. The Balaban J connectivity index is 1.28. The Morgan fingerprint density at radius 2 is 1.33 bits per heavy atom. The van der Waals surface area contributed by atoms with Crippen LogP contribution in [-0.4, -0.2) is 23.0 Å². The van der Waals surface area contributed by atoms with Gasteiger partial charge < -0.3 is 16.0 Å². The highest BCUT2D eigenvalue weighted by Crippen LogP contribution is 2.27. The van der Waals surface area contributed by atoms with Gasteiger partial charge in [-0.15, -0.1) is 11.8 Å². The molecule has 5 aromatic carbocycles. The minimum atomic E-state index is -0.460. The first-order chi connectivity index (χ1) is 22.2. The van der Waals surface area contributed by atoms with Crippen LogP contribution in [0.25, 0.3) is 17.2 Å². The van der Waals surface area contributed by atoms with Crippen LogP contribution < -0.4 is 16.0 Å². The summed E-state index contributed by atoms with van der Waals surface area (Å²) in [6.07, 6.45) is 1.66. The van der Waals surface area contributed by atoms with Crippen molar-refractivity contribution in [2.75, 3.05) is 10.6 Å². The van der Waals surface area contributed by atoms with Gasteiger partial charge in [0, 0.05) is 21.8 Å². The molecule has 3 amide bonds. The number of amides is 3. The topological polar surface area (TPSA) is 87.3 Å². The Bertz CT molecular complexity index is 1850. The van der Waals surface area contributed by atoms with E-state index in [-0.39, 0.29) is 22.8 Å². The number of hydrogen-bond acceptors (Lipinski definition) is 4. The van der Waals surface area contributed by atoms with E-state index in [0.717, 1.165) is 38.4 Å². The standard InChI is InChI=1S/C39H35N3O3S/c1-26-14-15-27(2)35(24-26)41-37(43)28(3)46-34-22-20-33(21-23-34)40-39(45)36(42-38(44)32-12-8-5-9-13-32)25-29-16-18-31(19-17-29)30-10-6-4-7-11-30/h4-25,28H,1-3H3,(H,40,45)(H,41,43)(H,42,44)/b36-25-. The fourth-order valence-electron chi connectivity index (χ4n) is 4.69. The number of thioether (sulfide) groups is 1. The van der Waals surface area contributed by atoms with Gasteiger partial charge in [0.2, 0.25) is 5.91 Å². The second-order valence-electron chi connectivity index (χ2n) is 10.9. The fraction of sp³-hybridized carbons (Fsp3) is 0.103. The van der Waals surface area contributed by atoms with E-state index in [1.165, 1.54) is 11.8 Å². The lowest BCUT2D eigenvalue weighted by atomic mass is 10.0. The highest BCUT2D eigenvalue weighted by molar-refractivity contribution is 8.00. The summed E-state index contributed by atoms with van der Waals surface area (Å²) in [6.45, 7) is 5.82. The maximum atomic E-state index is 13.5. The molecular weight excluding hydrogens is 591 g/mol. The molecule has 5 aromatic rings. The molecule has 0 aliphatic carbocycles. The molecule has 0 saturated heterocycles. The Morgan fingerprint density at radius 1 is 0.696 bits per heavy atom. The molecule has 230 valence electrons. The zero-order valence-corrected chi connectivity index (χ0v) is 26.7. The van der Waals surface area contributed by atoms with Gasteiger partial charge in [-0.1, -0.05) is 84.9 Å². The predicted octanol–water partition coefficient (Wildman–Crippen LogP) is 8.50. The number of carbonyl (C=O) groups excluding carboxylic acids is 3. The van der Waals surface area contributed by atoms with Crippen LogP contribution in [0.2, 0.25) is 0 Å². The van der Waals surface area contributed by atoms with E-state index in [4.69, 9.17) is 0 Å². The molecule has 3 N–H and O–H groups in total. The fourth-order valence-corrected chi connectivity index (χ4v) is 5.56. The van der Waals surface area contributed by atoms with Crippen molar-refractivity contribution in [1.29, 1.82) is 0 Å². The van der Waals surface area contributed by atoms with E-state index >= 15 is 0 Å². The maximum Gasteiger partial charge on any atom is 0.272 e. The van der Waals surface area contributed by atoms with E-state index in [2.05, 4.69) is 16.0 Å². The molecule has 0 aliphatic heterocycles. The Morgan fingerprint density at radius 3 is 2.00 bits per heavy atom. The monoisotopic (exact) mass is 625 g/mol. The third-order valence-corrected chi connectivity index (χ3v) is 8.41. The molecular formula is C39H35N3O3S. The van der Waals surface area contributed by atoms with Gasteiger partial charge in [0.25, 0.3) is 11.8 Å². The molecule has 6 nitrogen and oxygen atoms in total. The van der Waals surface area contributed by atoms with Gasteiger partial charge in [-0.3, -0.25) is 14.4 Å². The zero-order chi connectivity index (χ0) is 32.5. The minimum absolute atomic E-state index is 0.0863. The largest absolute Gasteiger partial charge is 0.325 e. The van der Waals surface area contributed by atoms with Crippen LogP contribution >= 0.6 is 11.8 Å². The number of nitrogens with one attached hydrogen (secondary N) is 3. The van der Waals surface area contributed by atoms with Crippen LogP contribution in [0.1, 0.15) is 34.0 Å². The van der Waals surface area contributed by atoms with Gasteiger partial charge in [0.05, 0.1) is 5.25 Å². The average molecular weight is 626 g/mol. The molecule has 1 atom stereocenters. The first-order valence-corrected chi connectivity index (χ1v) is 15.8. The van der Waals surface area contributed by atoms with E-state index < -0.39 is 5.91 Å². The van der Waals surface area contributed by atoms with Gasteiger partial charge in [-0.2, -0.15) is 0 Å². The molecule has 0 heterocycles. The summed E-state index contributed by atoms with van der Waals surface area (Å²) in [7, 11) is 0. The first kappa shape index (κ1) is 32.0. The molecule has 46 heavy (non-hydrogen) atoms. The molecule has 5 rings (SSSR count). The second kappa shape index (κ2) is 15.1. The van der Waals surface area contributed by atoms with Crippen molar-refractivity contribution in [2.24, 2.45) is 0 Å².